The molecule has 27 heavy (non-hydrogen) atoms. The van der Waals surface area contributed by atoms with E-state index in [0.717, 1.165) is 28.5 Å². The molecular weight excluding hydrogens is 367 g/mol. The molecule has 1 aromatic heterocycles. The van der Waals surface area contributed by atoms with Gasteiger partial charge in [0.05, 0.1) is 17.1 Å². The molecular formula is C19H23N2O5P. The predicted molar refractivity (Wildman–Crippen MR) is 105 cm³/mol. The number of hydrogen-bond acceptors (Lipinski definition) is 6. The molecule has 0 aliphatic rings. The van der Waals surface area contributed by atoms with E-state index in [1.54, 1.807) is 0 Å². The van der Waals surface area contributed by atoms with Crippen LogP contribution in [0, 0.1) is 0 Å². The van der Waals surface area contributed by atoms with Gasteiger partial charge < -0.3 is 19.3 Å². The first-order chi connectivity index (χ1) is 12.8. The second-order valence-electron chi connectivity index (χ2n) is 6.41. The SMILES string of the molecule is CC(O)C(CNCOc1c2ccccc2nc2ccccc12)OP(C)(=O)O. The van der Waals surface area contributed by atoms with Gasteiger partial charge in [0.15, 0.2) is 0 Å². The van der Waals surface area contributed by atoms with Gasteiger partial charge in [-0.15, -0.1) is 0 Å². The van der Waals surface area contributed by atoms with Gasteiger partial charge in [0, 0.05) is 24.0 Å². The Balaban J connectivity index is 1.75. The zero-order valence-electron chi connectivity index (χ0n) is 15.2. The molecule has 2 aromatic carbocycles. The fourth-order valence-corrected chi connectivity index (χ4v) is 3.58. The highest BCUT2D eigenvalue weighted by molar-refractivity contribution is 7.51. The number of nitrogens with zero attached hydrogens (tertiary/aromatic N) is 1. The summed E-state index contributed by atoms with van der Waals surface area (Å²) in [5, 5.41) is 14.5. The van der Waals surface area contributed by atoms with Gasteiger partial charge in [-0.3, -0.25) is 9.88 Å². The average molecular weight is 390 g/mol. The number of para-hydroxylation sites is 2. The maximum absolute atomic E-state index is 11.4. The van der Waals surface area contributed by atoms with E-state index in [-0.39, 0.29) is 13.3 Å². The molecule has 0 saturated carbocycles. The number of nitrogens with one attached hydrogen (secondary N) is 1. The lowest BCUT2D eigenvalue weighted by molar-refractivity contribution is 0.0393. The normalized spacial score (nSPS) is 16.1. The molecule has 0 bridgehead atoms. The molecule has 3 aromatic rings. The molecule has 3 N–H and O–H groups in total. The number of benzene rings is 2. The number of fused-ring (bicyclic) bond motifs is 2. The van der Waals surface area contributed by atoms with Gasteiger partial charge >= 0.3 is 7.60 Å². The second kappa shape index (κ2) is 8.33. The second-order valence-corrected chi connectivity index (χ2v) is 8.22. The van der Waals surface area contributed by atoms with Crippen molar-refractivity contribution in [1.82, 2.24) is 10.3 Å². The molecule has 3 atom stereocenters. The van der Waals surface area contributed by atoms with Gasteiger partial charge in [0.1, 0.15) is 18.6 Å². The average Bonchev–Trinajstić information content (AvgIpc) is 2.62. The van der Waals surface area contributed by atoms with Crippen molar-refractivity contribution in [3.8, 4) is 5.75 Å². The summed E-state index contributed by atoms with van der Waals surface area (Å²) in [6.45, 7) is 2.90. The van der Waals surface area contributed by atoms with Crippen LogP contribution in [-0.4, -0.2) is 47.1 Å². The van der Waals surface area contributed by atoms with Crippen LogP contribution in [-0.2, 0) is 9.09 Å². The first kappa shape index (κ1) is 19.7. The highest BCUT2D eigenvalue weighted by Crippen LogP contribution is 2.38. The fraction of sp³-hybridized carbons (Fsp3) is 0.316. The van der Waals surface area contributed by atoms with Gasteiger partial charge in [-0.2, -0.15) is 0 Å². The Bertz CT molecular complexity index is 919. The highest BCUT2D eigenvalue weighted by atomic mass is 31.2. The molecule has 0 amide bonds. The van der Waals surface area contributed by atoms with Crippen molar-refractivity contribution in [3.63, 3.8) is 0 Å². The summed E-state index contributed by atoms with van der Waals surface area (Å²) in [5.41, 5.74) is 1.67. The molecule has 3 rings (SSSR count). The van der Waals surface area contributed by atoms with Crippen molar-refractivity contribution in [2.75, 3.05) is 19.9 Å². The van der Waals surface area contributed by atoms with Crippen LogP contribution >= 0.6 is 7.60 Å². The Morgan fingerprint density at radius 2 is 1.67 bits per heavy atom. The largest absolute Gasteiger partial charge is 0.477 e. The van der Waals surface area contributed by atoms with Crippen LogP contribution in [0.3, 0.4) is 0 Å². The molecule has 0 aliphatic carbocycles. The first-order valence-corrected chi connectivity index (χ1v) is 10.7. The van der Waals surface area contributed by atoms with E-state index in [1.807, 2.05) is 48.5 Å². The number of aliphatic hydroxyl groups excluding tert-OH is 1. The van der Waals surface area contributed by atoms with E-state index in [4.69, 9.17) is 9.26 Å². The van der Waals surface area contributed by atoms with Crippen LogP contribution in [0.4, 0.5) is 0 Å². The minimum Gasteiger partial charge on any atom is -0.477 e. The maximum atomic E-state index is 11.4. The summed E-state index contributed by atoms with van der Waals surface area (Å²) < 4.78 is 22.4. The number of aromatic nitrogens is 1. The highest BCUT2D eigenvalue weighted by Gasteiger charge is 2.23. The fourth-order valence-electron chi connectivity index (χ4n) is 2.83. The topological polar surface area (TPSA) is 101 Å². The zero-order chi connectivity index (χ0) is 19.4. The Labute approximate surface area is 157 Å². The Hall–Kier alpha value is -2.02. The van der Waals surface area contributed by atoms with Crippen LogP contribution in [0.5, 0.6) is 5.75 Å². The monoisotopic (exact) mass is 390 g/mol. The van der Waals surface area contributed by atoms with Crippen LogP contribution in [0.1, 0.15) is 6.92 Å². The van der Waals surface area contributed by atoms with E-state index < -0.39 is 19.8 Å². The molecule has 0 saturated heterocycles. The molecule has 1 heterocycles. The zero-order valence-corrected chi connectivity index (χ0v) is 16.1. The third-order valence-electron chi connectivity index (χ3n) is 4.07. The van der Waals surface area contributed by atoms with Crippen LogP contribution in [0.2, 0.25) is 0 Å². The van der Waals surface area contributed by atoms with Crippen LogP contribution in [0.25, 0.3) is 21.8 Å². The van der Waals surface area contributed by atoms with Gasteiger partial charge in [-0.05, 0) is 31.2 Å². The summed E-state index contributed by atoms with van der Waals surface area (Å²) >= 11 is 0. The van der Waals surface area contributed by atoms with Crippen molar-refractivity contribution in [1.29, 1.82) is 0 Å². The van der Waals surface area contributed by atoms with E-state index in [2.05, 4.69) is 10.3 Å². The number of rotatable bonds is 8. The molecule has 7 nitrogen and oxygen atoms in total. The predicted octanol–water partition coefficient (Wildman–Crippen LogP) is 2.90. The van der Waals surface area contributed by atoms with Crippen molar-refractivity contribution in [2.45, 2.75) is 19.1 Å². The van der Waals surface area contributed by atoms with Crippen LogP contribution < -0.4 is 10.1 Å². The Kier molecular flexibility index (Phi) is 6.09. The smallest absolute Gasteiger partial charge is 0.325 e. The summed E-state index contributed by atoms with van der Waals surface area (Å²) in [5.74, 6) is 0.710. The van der Waals surface area contributed by atoms with E-state index in [9.17, 15) is 14.6 Å². The van der Waals surface area contributed by atoms with Gasteiger partial charge in [0.2, 0.25) is 0 Å². The lowest BCUT2D eigenvalue weighted by Gasteiger charge is -2.22. The first-order valence-electron chi connectivity index (χ1n) is 8.63. The summed E-state index contributed by atoms with van der Waals surface area (Å²) in [7, 11) is -3.70. The van der Waals surface area contributed by atoms with Gasteiger partial charge in [0.25, 0.3) is 0 Å². The Morgan fingerprint density at radius 1 is 1.11 bits per heavy atom. The van der Waals surface area contributed by atoms with Crippen LogP contribution in [0.15, 0.2) is 48.5 Å². The number of pyridine rings is 1. The molecule has 0 aliphatic heterocycles. The molecule has 8 heteroatoms. The van der Waals surface area contributed by atoms with E-state index >= 15 is 0 Å². The molecule has 0 spiro atoms. The molecule has 0 radical (unpaired) electrons. The third-order valence-corrected chi connectivity index (χ3v) is 4.73. The van der Waals surface area contributed by atoms with Gasteiger partial charge in [-0.1, -0.05) is 24.3 Å². The lowest BCUT2D eigenvalue weighted by Crippen LogP contribution is -2.37. The number of ether oxygens (including phenoxy) is 1. The summed E-state index contributed by atoms with van der Waals surface area (Å²) in [6, 6.07) is 15.5. The number of hydrogen-bond donors (Lipinski definition) is 3. The lowest BCUT2D eigenvalue weighted by atomic mass is 10.1. The molecule has 0 fully saturated rings. The Morgan fingerprint density at radius 3 is 2.19 bits per heavy atom. The van der Waals surface area contributed by atoms with E-state index in [1.165, 1.54) is 6.92 Å². The van der Waals surface area contributed by atoms with Crippen molar-refractivity contribution >= 4 is 29.4 Å². The van der Waals surface area contributed by atoms with Crippen molar-refractivity contribution in [3.05, 3.63) is 48.5 Å². The minimum absolute atomic E-state index is 0.143. The maximum Gasteiger partial charge on any atom is 0.325 e. The van der Waals surface area contributed by atoms with Crippen molar-refractivity contribution < 1.29 is 23.8 Å². The standard InChI is InChI=1S/C19H23N2O5P/c1-13(22)18(26-27(2,23)24)11-20-12-25-19-14-7-3-5-9-16(14)21-17-10-6-4-8-15(17)19/h3-10,13,18,20,22H,11-12H2,1-2H3,(H,23,24). The molecule has 3 unspecified atom stereocenters. The quantitative estimate of drug-likeness (QED) is 0.235. The number of aliphatic hydroxyl groups is 1. The minimum atomic E-state index is -3.70. The van der Waals surface area contributed by atoms with E-state index in [0.29, 0.717) is 5.75 Å². The van der Waals surface area contributed by atoms with Crippen molar-refractivity contribution in [2.24, 2.45) is 0 Å². The summed E-state index contributed by atoms with van der Waals surface area (Å²) in [6.07, 6.45) is -1.72. The summed E-state index contributed by atoms with van der Waals surface area (Å²) in [4.78, 5) is 14.0. The molecule has 144 valence electrons. The van der Waals surface area contributed by atoms with Gasteiger partial charge in [-0.25, -0.2) is 4.98 Å². The third kappa shape index (κ3) is 5.03.